The number of hydrogen-bond acceptors (Lipinski definition) is 1. The Balaban J connectivity index is 3.06. The second-order valence-corrected chi connectivity index (χ2v) is 5.94. The van der Waals surface area contributed by atoms with Crippen molar-refractivity contribution in [2.75, 3.05) is 4.90 Å². The van der Waals surface area contributed by atoms with Crippen LogP contribution in [0, 0.1) is 6.92 Å². The van der Waals surface area contributed by atoms with Gasteiger partial charge in [-0.15, -0.1) is 0 Å². The molecule has 1 heteroatoms. The fourth-order valence-electron chi connectivity index (χ4n) is 3.18. The molecule has 0 fully saturated rings. The van der Waals surface area contributed by atoms with Crippen LogP contribution in [-0.2, 0) is 0 Å². The minimum atomic E-state index is 0.680. The maximum atomic E-state index is 2.71. The van der Waals surface area contributed by atoms with E-state index in [1.54, 1.807) is 0 Å². The molecule has 1 aromatic carbocycles. The molecule has 0 aliphatic carbocycles. The molecule has 2 unspecified atom stereocenters. The number of anilines is 1. The van der Waals surface area contributed by atoms with Crippen LogP contribution in [0.3, 0.4) is 0 Å². The minimum Gasteiger partial charge on any atom is -0.366 e. The number of rotatable bonds is 9. The van der Waals surface area contributed by atoms with Crippen molar-refractivity contribution in [1.29, 1.82) is 0 Å². The van der Waals surface area contributed by atoms with E-state index in [1.807, 2.05) is 0 Å². The molecule has 0 amide bonds. The average Bonchev–Trinajstić information content (AvgIpc) is 2.47. The van der Waals surface area contributed by atoms with Crippen LogP contribution >= 0.6 is 0 Å². The lowest BCUT2D eigenvalue weighted by Gasteiger charge is -2.40. The fourth-order valence-corrected chi connectivity index (χ4v) is 3.18. The van der Waals surface area contributed by atoms with E-state index in [-0.39, 0.29) is 0 Å². The van der Waals surface area contributed by atoms with E-state index in [9.17, 15) is 0 Å². The van der Waals surface area contributed by atoms with Gasteiger partial charge in [0.2, 0.25) is 0 Å². The summed E-state index contributed by atoms with van der Waals surface area (Å²) in [5, 5.41) is 0. The molecule has 0 saturated heterocycles. The third-order valence-corrected chi connectivity index (χ3v) is 4.31. The van der Waals surface area contributed by atoms with Crippen molar-refractivity contribution in [3.63, 3.8) is 0 Å². The van der Waals surface area contributed by atoms with E-state index in [1.165, 1.54) is 49.8 Å². The monoisotopic (exact) mass is 275 g/mol. The molecular weight excluding hydrogens is 242 g/mol. The van der Waals surface area contributed by atoms with Crippen LogP contribution < -0.4 is 4.90 Å². The zero-order valence-electron chi connectivity index (χ0n) is 14.2. The Kier molecular flexibility index (Phi) is 7.72. The highest BCUT2D eigenvalue weighted by molar-refractivity contribution is 5.49. The second kappa shape index (κ2) is 9.05. The highest BCUT2D eigenvalue weighted by Crippen LogP contribution is 2.27. The van der Waals surface area contributed by atoms with Crippen LogP contribution in [0.2, 0.25) is 0 Å². The van der Waals surface area contributed by atoms with Gasteiger partial charge in [0.1, 0.15) is 0 Å². The smallest absolute Gasteiger partial charge is 0.0371 e. The van der Waals surface area contributed by atoms with E-state index in [0.717, 1.165) is 0 Å². The van der Waals surface area contributed by atoms with Crippen molar-refractivity contribution in [2.24, 2.45) is 0 Å². The number of benzene rings is 1. The van der Waals surface area contributed by atoms with Gasteiger partial charge in [0.15, 0.2) is 0 Å². The zero-order chi connectivity index (χ0) is 15.0. The van der Waals surface area contributed by atoms with Gasteiger partial charge in [-0.3, -0.25) is 0 Å². The van der Waals surface area contributed by atoms with Crippen molar-refractivity contribution < 1.29 is 0 Å². The molecule has 114 valence electrons. The fraction of sp³-hybridized carbons (Fsp3) is 0.684. The molecule has 0 aliphatic rings. The third kappa shape index (κ3) is 4.54. The lowest BCUT2D eigenvalue weighted by atomic mass is 9.99. The summed E-state index contributed by atoms with van der Waals surface area (Å²) in [6.45, 7) is 11.4. The van der Waals surface area contributed by atoms with Crippen LogP contribution in [0.1, 0.15) is 71.8 Å². The summed E-state index contributed by atoms with van der Waals surface area (Å²) in [6.07, 6.45) is 7.60. The second-order valence-electron chi connectivity index (χ2n) is 5.94. The quantitative estimate of drug-likeness (QED) is 0.537. The molecule has 0 N–H and O–H groups in total. The van der Waals surface area contributed by atoms with E-state index in [0.29, 0.717) is 12.1 Å². The molecule has 0 bridgehead atoms. The van der Waals surface area contributed by atoms with Crippen LogP contribution in [0.25, 0.3) is 0 Å². The number of nitrogens with zero attached hydrogens (tertiary/aromatic N) is 1. The molecule has 0 heterocycles. The molecule has 1 aromatic rings. The summed E-state index contributed by atoms with van der Waals surface area (Å²) in [5.41, 5.74) is 2.76. The van der Waals surface area contributed by atoms with Gasteiger partial charge in [-0.1, -0.05) is 58.2 Å². The lowest BCUT2D eigenvalue weighted by molar-refractivity contribution is 0.436. The molecule has 1 rings (SSSR count). The standard InChI is InChI=1S/C19H33N/c1-6-10-17(8-3)20(18(9-4)11-7-2)19-14-12-16(5)13-15-19/h12-15,17-18H,6-11H2,1-5H3. The molecule has 0 saturated carbocycles. The van der Waals surface area contributed by atoms with E-state index < -0.39 is 0 Å². The largest absolute Gasteiger partial charge is 0.366 e. The predicted molar refractivity (Wildman–Crippen MR) is 91.6 cm³/mol. The topological polar surface area (TPSA) is 3.24 Å². The average molecular weight is 275 g/mol. The summed E-state index contributed by atoms with van der Waals surface area (Å²) < 4.78 is 0. The first-order valence-corrected chi connectivity index (χ1v) is 8.52. The summed E-state index contributed by atoms with van der Waals surface area (Å²) in [6, 6.07) is 10.5. The van der Waals surface area contributed by atoms with E-state index in [2.05, 4.69) is 63.8 Å². The van der Waals surface area contributed by atoms with Crippen molar-refractivity contribution in [1.82, 2.24) is 0 Å². The van der Waals surface area contributed by atoms with Crippen molar-refractivity contribution in [3.05, 3.63) is 29.8 Å². The lowest BCUT2D eigenvalue weighted by Crippen LogP contribution is -2.43. The predicted octanol–water partition coefficient (Wildman–Crippen LogP) is 5.96. The third-order valence-electron chi connectivity index (χ3n) is 4.31. The van der Waals surface area contributed by atoms with Gasteiger partial charge in [0, 0.05) is 17.8 Å². The van der Waals surface area contributed by atoms with Gasteiger partial charge in [0.25, 0.3) is 0 Å². The van der Waals surface area contributed by atoms with Gasteiger partial charge < -0.3 is 4.90 Å². The Morgan fingerprint density at radius 3 is 1.60 bits per heavy atom. The first kappa shape index (κ1) is 17.1. The van der Waals surface area contributed by atoms with Gasteiger partial charge in [-0.05, 0) is 44.7 Å². The molecular formula is C19H33N. The van der Waals surface area contributed by atoms with Crippen LogP contribution in [0.5, 0.6) is 0 Å². The van der Waals surface area contributed by atoms with Crippen molar-refractivity contribution in [3.8, 4) is 0 Å². The maximum absolute atomic E-state index is 2.71. The first-order chi connectivity index (χ1) is 9.67. The molecule has 0 aromatic heterocycles. The zero-order valence-corrected chi connectivity index (χ0v) is 14.2. The van der Waals surface area contributed by atoms with Crippen LogP contribution in [0.15, 0.2) is 24.3 Å². The van der Waals surface area contributed by atoms with Crippen LogP contribution in [0.4, 0.5) is 5.69 Å². The van der Waals surface area contributed by atoms with Crippen molar-refractivity contribution in [2.45, 2.75) is 85.2 Å². The van der Waals surface area contributed by atoms with Gasteiger partial charge in [-0.2, -0.15) is 0 Å². The highest BCUT2D eigenvalue weighted by atomic mass is 15.2. The Morgan fingerprint density at radius 2 is 1.25 bits per heavy atom. The normalized spacial score (nSPS) is 14.1. The molecule has 20 heavy (non-hydrogen) atoms. The minimum absolute atomic E-state index is 0.680. The molecule has 0 spiro atoms. The Labute approximate surface area is 126 Å². The summed E-state index contributed by atoms with van der Waals surface area (Å²) in [7, 11) is 0. The molecule has 2 atom stereocenters. The summed E-state index contributed by atoms with van der Waals surface area (Å²) in [4.78, 5) is 2.71. The Bertz CT molecular complexity index is 341. The van der Waals surface area contributed by atoms with E-state index >= 15 is 0 Å². The van der Waals surface area contributed by atoms with Crippen LogP contribution in [-0.4, -0.2) is 12.1 Å². The Morgan fingerprint density at radius 1 is 0.800 bits per heavy atom. The van der Waals surface area contributed by atoms with Gasteiger partial charge >= 0.3 is 0 Å². The maximum Gasteiger partial charge on any atom is 0.0371 e. The van der Waals surface area contributed by atoms with Gasteiger partial charge in [-0.25, -0.2) is 0 Å². The number of hydrogen-bond donors (Lipinski definition) is 0. The summed E-state index contributed by atoms with van der Waals surface area (Å²) >= 11 is 0. The van der Waals surface area contributed by atoms with Gasteiger partial charge in [0.05, 0.1) is 0 Å². The first-order valence-electron chi connectivity index (χ1n) is 8.52. The number of aryl methyl sites for hydroxylation is 1. The molecule has 1 nitrogen and oxygen atoms in total. The highest BCUT2D eigenvalue weighted by Gasteiger charge is 2.23. The van der Waals surface area contributed by atoms with Crippen molar-refractivity contribution >= 4 is 5.69 Å². The van der Waals surface area contributed by atoms with E-state index in [4.69, 9.17) is 0 Å². The SMILES string of the molecule is CCCC(CC)N(c1ccc(C)cc1)C(CC)CCC. The molecule has 0 aliphatic heterocycles. The Hall–Kier alpha value is -0.980. The molecule has 0 radical (unpaired) electrons. The summed E-state index contributed by atoms with van der Waals surface area (Å²) in [5.74, 6) is 0.